The van der Waals surface area contributed by atoms with Gasteiger partial charge in [-0.15, -0.1) is 0 Å². The number of alkyl carbamates (subject to hydrolysis) is 1. The largest absolute Gasteiger partial charge is 0.464 e. The van der Waals surface area contributed by atoms with Gasteiger partial charge in [0.25, 0.3) is 0 Å². The summed E-state index contributed by atoms with van der Waals surface area (Å²) in [6, 6.07) is 31.1. The first-order valence-corrected chi connectivity index (χ1v) is 17.2. The number of nitrogens with zero attached hydrogens (tertiary/aromatic N) is 2. The molecule has 0 aliphatic heterocycles. The topological polar surface area (TPSA) is 164 Å². The SMILES string of the molecule is COC(=O)c1[nH]c(SCc2ccccn2)nc1CNC(=O)[C@H](Cc1ccccc1)NC(=O)[C@H](Cc1ccccc1)NC(=O)OCc1ccccc1. The number of hydrogen-bond acceptors (Lipinski definition) is 9. The van der Waals surface area contributed by atoms with Gasteiger partial charge in [0.1, 0.15) is 18.7 Å². The van der Waals surface area contributed by atoms with Gasteiger partial charge in [0.2, 0.25) is 11.8 Å². The Morgan fingerprint density at radius 2 is 1.33 bits per heavy atom. The Labute approximate surface area is 299 Å². The van der Waals surface area contributed by atoms with Crippen LogP contribution >= 0.6 is 11.8 Å². The molecule has 0 spiro atoms. The van der Waals surface area contributed by atoms with Gasteiger partial charge < -0.3 is 30.4 Å². The number of H-pyrrole nitrogens is 1. The quantitative estimate of drug-likeness (QED) is 0.0836. The normalized spacial score (nSPS) is 11.9. The number of carbonyl (C=O) groups excluding carboxylic acids is 4. The number of rotatable bonds is 16. The van der Waals surface area contributed by atoms with Crippen LogP contribution in [0.1, 0.15) is 38.6 Å². The van der Waals surface area contributed by atoms with Crippen molar-refractivity contribution in [1.29, 1.82) is 0 Å². The van der Waals surface area contributed by atoms with Crippen molar-refractivity contribution in [3.63, 3.8) is 0 Å². The van der Waals surface area contributed by atoms with Crippen LogP contribution in [0.15, 0.2) is 121 Å². The van der Waals surface area contributed by atoms with Crippen LogP contribution in [0.5, 0.6) is 0 Å². The zero-order valence-corrected chi connectivity index (χ0v) is 28.7. The maximum absolute atomic E-state index is 13.9. The second-order valence-corrected chi connectivity index (χ2v) is 12.3. The van der Waals surface area contributed by atoms with E-state index in [4.69, 9.17) is 9.47 Å². The molecule has 0 aliphatic carbocycles. The highest BCUT2D eigenvalue weighted by Crippen LogP contribution is 2.21. The van der Waals surface area contributed by atoms with Crippen LogP contribution in [0, 0.1) is 0 Å². The predicted molar refractivity (Wildman–Crippen MR) is 191 cm³/mol. The molecule has 3 aromatic carbocycles. The lowest BCUT2D eigenvalue weighted by atomic mass is 10.0. The van der Waals surface area contributed by atoms with Gasteiger partial charge in [-0.25, -0.2) is 14.6 Å². The van der Waals surface area contributed by atoms with Crippen LogP contribution in [0.2, 0.25) is 0 Å². The summed E-state index contributed by atoms with van der Waals surface area (Å²) in [5, 5.41) is 8.79. The molecule has 0 saturated heterocycles. The van der Waals surface area contributed by atoms with Crippen molar-refractivity contribution in [3.8, 4) is 0 Å². The molecule has 13 heteroatoms. The van der Waals surface area contributed by atoms with Crippen molar-refractivity contribution < 1.29 is 28.7 Å². The fourth-order valence-corrected chi connectivity index (χ4v) is 5.87. The number of hydrogen-bond donors (Lipinski definition) is 4. The van der Waals surface area contributed by atoms with Gasteiger partial charge in [-0.2, -0.15) is 0 Å². The van der Waals surface area contributed by atoms with Crippen LogP contribution in [-0.2, 0) is 50.8 Å². The Morgan fingerprint density at radius 3 is 1.92 bits per heavy atom. The van der Waals surface area contributed by atoms with Crippen molar-refractivity contribution in [2.24, 2.45) is 0 Å². The molecule has 12 nitrogen and oxygen atoms in total. The maximum Gasteiger partial charge on any atom is 0.408 e. The van der Waals surface area contributed by atoms with E-state index in [1.807, 2.05) is 109 Å². The molecule has 2 atom stereocenters. The van der Waals surface area contributed by atoms with Crippen LogP contribution in [-0.4, -0.2) is 58.0 Å². The fourth-order valence-electron chi connectivity index (χ4n) is 5.07. The first-order valence-electron chi connectivity index (χ1n) is 16.2. The Morgan fingerprint density at radius 1 is 0.745 bits per heavy atom. The molecule has 0 saturated carbocycles. The molecule has 51 heavy (non-hydrogen) atoms. The number of methoxy groups -OCH3 is 1. The molecule has 4 N–H and O–H groups in total. The molecule has 5 aromatic rings. The van der Waals surface area contributed by atoms with Gasteiger partial charge in [-0.05, 0) is 28.8 Å². The molecule has 0 radical (unpaired) electrons. The van der Waals surface area contributed by atoms with Gasteiger partial charge >= 0.3 is 12.1 Å². The third-order valence-corrected chi connectivity index (χ3v) is 8.59. The Hall–Kier alpha value is -5.95. The van der Waals surface area contributed by atoms with E-state index in [0.717, 1.165) is 22.4 Å². The summed E-state index contributed by atoms with van der Waals surface area (Å²) >= 11 is 1.35. The minimum absolute atomic E-state index is 0.0233. The average Bonchev–Trinajstić information content (AvgIpc) is 3.59. The standard InChI is InChI=1S/C38H38N6O6S/c1-49-36(47)33-32(42-37(44-33)51-25-29-19-11-12-20-39-29)23-40-34(45)30(21-26-13-5-2-6-14-26)41-35(46)31(22-27-15-7-3-8-16-27)43-38(48)50-24-28-17-9-4-10-18-28/h2-20,30-31H,21-25H2,1H3,(H,40,45)(H,41,46)(H,42,44)(H,43,48)/t30-,31-/m0/s1. The molecule has 0 bridgehead atoms. The Kier molecular flexibility index (Phi) is 13.3. The minimum atomic E-state index is -1.06. The number of nitrogens with one attached hydrogen (secondary N) is 4. The summed E-state index contributed by atoms with van der Waals surface area (Å²) in [4.78, 5) is 65.0. The summed E-state index contributed by atoms with van der Waals surface area (Å²) in [6.45, 7) is -0.0991. The lowest BCUT2D eigenvalue weighted by Crippen LogP contribution is -2.55. The van der Waals surface area contributed by atoms with Crippen LogP contribution in [0.3, 0.4) is 0 Å². The maximum atomic E-state index is 13.9. The lowest BCUT2D eigenvalue weighted by Gasteiger charge is -2.23. The Balaban J connectivity index is 1.30. The van der Waals surface area contributed by atoms with Crippen LogP contribution in [0.4, 0.5) is 4.79 Å². The molecule has 3 amide bonds. The van der Waals surface area contributed by atoms with Gasteiger partial charge in [-0.1, -0.05) is 109 Å². The molecule has 5 rings (SSSR count). The highest BCUT2D eigenvalue weighted by Gasteiger charge is 2.28. The summed E-state index contributed by atoms with van der Waals surface area (Å²) in [6.07, 6.45) is 1.23. The zero-order valence-electron chi connectivity index (χ0n) is 27.9. The molecule has 0 unspecified atom stereocenters. The molecule has 0 fully saturated rings. The van der Waals surface area contributed by atoms with Gasteiger partial charge in [-0.3, -0.25) is 14.6 Å². The second-order valence-electron chi connectivity index (χ2n) is 11.4. The fraction of sp³-hybridized carbons (Fsp3) is 0.211. The lowest BCUT2D eigenvalue weighted by molar-refractivity contribution is -0.130. The minimum Gasteiger partial charge on any atom is -0.464 e. The van der Waals surface area contributed by atoms with E-state index < -0.39 is 36.0 Å². The summed E-state index contributed by atoms with van der Waals surface area (Å²) in [5.74, 6) is -1.22. The molecule has 2 heterocycles. The van der Waals surface area contributed by atoms with E-state index in [1.54, 1.807) is 6.20 Å². The van der Waals surface area contributed by atoms with E-state index >= 15 is 0 Å². The average molecular weight is 707 g/mol. The third-order valence-electron chi connectivity index (χ3n) is 7.68. The van der Waals surface area contributed by atoms with E-state index in [1.165, 1.54) is 18.9 Å². The van der Waals surface area contributed by atoms with Gasteiger partial charge in [0, 0.05) is 24.8 Å². The summed E-state index contributed by atoms with van der Waals surface area (Å²) in [5.41, 5.74) is 3.60. The highest BCUT2D eigenvalue weighted by atomic mass is 32.2. The van der Waals surface area contributed by atoms with Crippen molar-refractivity contribution in [2.45, 2.75) is 49.0 Å². The molecular weight excluding hydrogens is 669 g/mol. The van der Waals surface area contributed by atoms with Gasteiger partial charge in [0.15, 0.2) is 10.9 Å². The van der Waals surface area contributed by atoms with Crippen molar-refractivity contribution in [3.05, 3.63) is 149 Å². The molecular formula is C38H38N6O6S. The molecule has 0 aliphatic rings. The van der Waals surface area contributed by atoms with Crippen LogP contribution in [0.25, 0.3) is 0 Å². The molecule has 262 valence electrons. The number of aromatic nitrogens is 3. The van der Waals surface area contributed by atoms with Crippen LogP contribution < -0.4 is 16.0 Å². The number of carbonyl (C=O) groups is 4. The van der Waals surface area contributed by atoms with E-state index in [0.29, 0.717) is 10.9 Å². The number of amides is 3. The van der Waals surface area contributed by atoms with E-state index in [2.05, 4.69) is 30.9 Å². The first-order chi connectivity index (χ1) is 24.9. The third kappa shape index (κ3) is 11.3. The number of pyridine rings is 1. The van der Waals surface area contributed by atoms with Gasteiger partial charge in [0.05, 0.1) is 25.0 Å². The number of aromatic amines is 1. The number of imidazole rings is 1. The van der Waals surface area contributed by atoms with E-state index in [-0.39, 0.29) is 37.4 Å². The smallest absolute Gasteiger partial charge is 0.408 e. The predicted octanol–water partition coefficient (Wildman–Crippen LogP) is 4.77. The number of esters is 1. The van der Waals surface area contributed by atoms with E-state index in [9.17, 15) is 19.2 Å². The van der Waals surface area contributed by atoms with Crippen molar-refractivity contribution in [2.75, 3.05) is 7.11 Å². The number of thioether (sulfide) groups is 1. The zero-order chi connectivity index (χ0) is 35.8. The monoisotopic (exact) mass is 706 g/mol. The van der Waals surface area contributed by atoms with Crippen molar-refractivity contribution in [1.82, 2.24) is 30.9 Å². The summed E-state index contributed by atoms with van der Waals surface area (Å²) in [7, 11) is 1.26. The second kappa shape index (κ2) is 18.7. The molecule has 2 aromatic heterocycles. The first kappa shape index (κ1) is 36.3. The number of benzene rings is 3. The Bertz CT molecular complexity index is 1880. The highest BCUT2D eigenvalue weighted by molar-refractivity contribution is 7.98. The van der Waals surface area contributed by atoms with Crippen molar-refractivity contribution >= 4 is 35.6 Å². The number of ether oxygens (including phenoxy) is 2. The summed E-state index contributed by atoms with van der Waals surface area (Å²) < 4.78 is 10.3.